The molecule has 1 aliphatic rings. The van der Waals surface area contributed by atoms with Crippen molar-refractivity contribution in [2.75, 3.05) is 26.2 Å². The lowest BCUT2D eigenvalue weighted by Gasteiger charge is -2.39. The van der Waals surface area contributed by atoms with E-state index in [0.29, 0.717) is 41.0 Å². The van der Waals surface area contributed by atoms with Gasteiger partial charge in [-0.2, -0.15) is 0 Å². The Labute approximate surface area is 189 Å². The first-order chi connectivity index (χ1) is 14.9. The van der Waals surface area contributed by atoms with Crippen LogP contribution in [0.3, 0.4) is 0 Å². The van der Waals surface area contributed by atoms with Crippen LogP contribution in [0, 0.1) is 0 Å². The topological polar surface area (TPSA) is 78.2 Å². The summed E-state index contributed by atoms with van der Waals surface area (Å²) in [7, 11) is 0. The third-order valence-electron chi connectivity index (χ3n) is 5.28. The smallest absolute Gasteiger partial charge is 0.434 e. The molecule has 31 heavy (non-hydrogen) atoms. The summed E-state index contributed by atoms with van der Waals surface area (Å²) in [5.41, 5.74) is 2.18. The number of hydrogen-bond acceptors (Lipinski definition) is 5. The fourth-order valence-corrected chi connectivity index (χ4v) is 3.95. The van der Waals surface area contributed by atoms with Crippen molar-refractivity contribution in [3.8, 4) is 11.8 Å². The van der Waals surface area contributed by atoms with Gasteiger partial charge in [0.25, 0.3) is 0 Å². The Kier molecular flexibility index (Phi) is 6.27. The van der Waals surface area contributed by atoms with Gasteiger partial charge in [-0.3, -0.25) is 4.90 Å². The molecule has 1 saturated heterocycles. The van der Waals surface area contributed by atoms with Gasteiger partial charge in [-0.05, 0) is 35.4 Å². The average Bonchev–Trinajstić information content (AvgIpc) is 3.09. The highest BCUT2D eigenvalue weighted by molar-refractivity contribution is 6.30. The van der Waals surface area contributed by atoms with Crippen LogP contribution in [0.15, 0.2) is 60.7 Å². The summed E-state index contributed by atoms with van der Waals surface area (Å²) < 4.78 is 0.693. The van der Waals surface area contributed by atoms with Gasteiger partial charge in [0.15, 0.2) is 0 Å². The first kappa shape index (κ1) is 21.4. The van der Waals surface area contributed by atoms with Crippen molar-refractivity contribution in [2.24, 2.45) is 0 Å². The summed E-state index contributed by atoms with van der Waals surface area (Å²) in [4.78, 5) is 21.4. The van der Waals surface area contributed by atoms with Crippen LogP contribution in [-0.4, -0.2) is 57.0 Å². The molecule has 0 radical (unpaired) electrons. The van der Waals surface area contributed by atoms with Gasteiger partial charge in [0.2, 0.25) is 11.8 Å². The molecule has 2 aromatic carbocycles. The fraction of sp³-hybridized carbons (Fsp3) is 0.227. The lowest BCUT2D eigenvalue weighted by Crippen LogP contribution is -2.51. The number of aromatic hydroxyl groups is 2. The van der Waals surface area contributed by atoms with E-state index in [0.717, 1.165) is 11.1 Å². The van der Waals surface area contributed by atoms with Gasteiger partial charge >= 0.3 is 6.09 Å². The van der Waals surface area contributed by atoms with Crippen LogP contribution in [0.2, 0.25) is 10.0 Å². The third-order valence-corrected chi connectivity index (χ3v) is 5.78. The molecule has 1 amide bonds. The maximum absolute atomic E-state index is 12.5. The highest BCUT2D eigenvalue weighted by Crippen LogP contribution is 2.31. The normalized spacial score (nSPS) is 14.7. The summed E-state index contributed by atoms with van der Waals surface area (Å²) in [5.74, 6) is -0.704. The van der Waals surface area contributed by atoms with Gasteiger partial charge in [-0.15, -0.1) is 4.73 Å². The van der Waals surface area contributed by atoms with Crippen LogP contribution < -0.4 is 4.84 Å². The number of halogens is 2. The molecule has 4 rings (SSSR count). The third kappa shape index (κ3) is 4.74. The number of piperazine rings is 1. The van der Waals surface area contributed by atoms with Crippen molar-refractivity contribution in [1.29, 1.82) is 0 Å². The van der Waals surface area contributed by atoms with Gasteiger partial charge < -0.3 is 20.0 Å². The lowest BCUT2D eigenvalue weighted by atomic mass is 9.96. The van der Waals surface area contributed by atoms with Crippen molar-refractivity contribution in [3.63, 3.8) is 0 Å². The second-order valence-electron chi connectivity index (χ2n) is 7.23. The molecule has 0 unspecified atom stereocenters. The molecule has 9 heteroatoms. The van der Waals surface area contributed by atoms with Gasteiger partial charge in [0.05, 0.1) is 6.04 Å². The summed E-state index contributed by atoms with van der Waals surface area (Å²) in [6, 6.07) is 17.9. The fourth-order valence-electron chi connectivity index (χ4n) is 3.70. The van der Waals surface area contributed by atoms with E-state index >= 15 is 0 Å². The Balaban J connectivity index is 1.49. The highest BCUT2D eigenvalue weighted by Gasteiger charge is 2.29. The molecular weight excluding hydrogens is 441 g/mol. The summed E-state index contributed by atoms with van der Waals surface area (Å²) >= 11 is 12.2. The van der Waals surface area contributed by atoms with Gasteiger partial charge in [-0.25, -0.2) is 4.79 Å². The predicted molar refractivity (Wildman–Crippen MR) is 118 cm³/mol. The Morgan fingerprint density at radius 3 is 1.68 bits per heavy atom. The molecule has 1 fully saturated rings. The minimum absolute atomic E-state index is 0.0229. The zero-order chi connectivity index (χ0) is 22.0. The van der Waals surface area contributed by atoms with Crippen LogP contribution in [0.4, 0.5) is 4.79 Å². The maximum Gasteiger partial charge on any atom is 0.434 e. The number of nitrogens with zero attached hydrogens (tertiary/aromatic N) is 3. The van der Waals surface area contributed by atoms with E-state index in [1.807, 2.05) is 48.5 Å². The Morgan fingerprint density at radius 2 is 1.23 bits per heavy atom. The van der Waals surface area contributed by atoms with Crippen molar-refractivity contribution in [1.82, 2.24) is 14.5 Å². The molecule has 0 bridgehead atoms. The maximum atomic E-state index is 12.5. The number of aromatic nitrogens is 1. The number of amides is 1. The summed E-state index contributed by atoms with van der Waals surface area (Å²) in [6.07, 6.45) is -0.643. The van der Waals surface area contributed by atoms with Gasteiger partial charge in [0.1, 0.15) is 0 Å². The van der Waals surface area contributed by atoms with Gasteiger partial charge in [-0.1, -0.05) is 47.5 Å². The first-order valence-electron chi connectivity index (χ1n) is 9.74. The number of rotatable bonds is 4. The van der Waals surface area contributed by atoms with E-state index in [1.165, 1.54) is 17.0 Å². The summed E-state index contributed by atoms with van der Waals surface area (Å²) in [6.45, 7) is 2.07. The van der Waals surface area contributed by atoms with Crippen LogP contribution in [0.25, 0.3) is 0 Å². The standard InChI is InChI=1S/C22H21Cl2N3O4/c23-17-5-1-15(2-6-17)21(16-3-7-18(24)8-4-16)25-11-13-26(14-12-25)22(30)31-27-19(28)9-10-20(27)29/h1-10,21,28-29H,11-14H2. The van der Waals surface area contributed by atoms with Gasteiger partial charge in [0, 0.05) is 48.4 Å². The molecule has 0 atom stereocenters. The zero-order valence-corrected chi connectivity index (χ0v) is 18.0. The predicted octanol–water partition coefficient (Wildman–Crippen LogP) is 4.16. The van der Waals surface area contributed by atoms with E-state index in [2.05, 4.69) is 4.90 Å². The quantitative estimate of drug-likeness (QED) is 0.609. The number of carbonyl (C=O) groups is 1. The van der Waals surface area contributed by atoms with Crippen LogP contribution >= 0.6 is 23.2 Å². The van der Waals surface area contributed by atoms with E-state index in [-0.39, 0.29) is 17.8 Å². The average molecular weight is 462 g/mol. The SMILES string of the molecule is O=C(On1c(O)ccc1O)N1CCN(C(c2ccc(Cl)cc2)c2ccc(Cl)cc2)CC1. The Morgan fingerprint density at radius 1 is 0.774 bits per heavy atom. The molecular formula is C22H21Cl2N3O4. The highest BCUT2D eigenvalue weighted by atomic mass is 35.5. The zero-order valence-electron chi connectivity index (χ0n) is 16.5. The van der Waals surface area contributed by atoms with Crippen LogP contribution in [-0.2, 0) is 0 Å². The molecule has 0 aliphatic carbocycles. The van der Waals surface area contributed by atoms with Crippen molar-refractivity contribution < 1.29 is 19.8 Å². The molecule has 162 valence electrons. The Bertz CT molecular complexity index is 981. The van der Waals surface area contributed by atoms with E-state index in [1.54, 1.807) is 0 Å². The minimum Gasteiger partial charge on any atom is -0.492 e. The molecule has 7 nitrogen and oxygen atoms in total. The van der Waals surface area contributed by atoms with Crippen LogP contribution in [0.5, 0.6) is 11.8 Å². The first-order valence-corrected chi connectivity index (χ1v) is 10.5. The van der Waals surface area contributed by atoms with Crippen molar-refractivity contribution in [3.05, 3.63) is 81.8 Å². The molecule has 3 aromatic rings. The second-order valence-corrected chi connectivity index (χ2v) is 8.10. The van der Waals surface area contributed by atoms with Crippen molar-refractivity contribution >= 4 is 29.3 Å². The second kappa shape index (κ2) is 9.09. The van der Waals surface area contributed by atoms with E-state index in [4.69, 9.17) is 28.0 Å². The van der Waals surface area contributed by atoms with Crippen molar-refractivity contribution in [2.45, 2.75) is 6.04 Å². The minimum atomic E-state index is -0.643. The molecule has 0 saturated carbocycles. The van der Waals surface area contributed by atoms with Crippen LogP contribution in [0.1, 0.15) is 17.2 Å². The molecule has 0 spiro atoms. The largest absolute Gasteiger partial charge is 0.492 e. The number of benzene rings is 2. The van der Waals surface area contributed by atoms with E-state index < -0.39 is 6.09 Å². The summed E-state index contributed by atoms with van der Waals surface area (Å²) in [5, 5.41) is 20.7. The number of carbonyl (C=O) groups excluding carboxylic acids is 1. The molecule has 1 aromatic heterocycles. The molecule has 1 aliphatic heterocycles. The Hall–Kier alpha value is -2.87. The lowest BCUT2D eigenvalue weighted by molar-refractivity contribution is 0.0516. The monoisotopic (exact) mass is 461 g/mol. The van der Waals surface area contributed by atoms with E-state index in [9.17, 15) is 15.0 Å². The number of hydrogen-bond donors (Lipinski definition) is 2. The molecule has 2 N–H and O–H groups in total. The molecule has 2 heterocycles.